The van der Waals surface area contributed by atoms with Crippen LogP contribution in [0.4, 0.5) is 13.2 Å². The highest BCUT2D eigenvalue weighted by Gasteiger charge is 2.35. The maximum absolute atomic E-state index is 13.4. The molecule has 24 heavy (non-hydrogen) atoms. The zero-order valence-electron chi connectivity index (χ0n) is 14.2. The third-order valence-electron chi connectivity index (χ3n) is 4.34. The first-order valence-electron chi connectivity index (χ1n) is 7.65. The van der Waals surface area contributed by atoms with Crippen LogP contribution in [-0.4, -0.2) is 4.98 Å². The maximum Gasteiger partial charge on any atom is 0.418 e. The van der Waals surface area contributed by atoms with E-state index in [9.17, 15) is 13.2 Å². The Morgan fingerprint density at radius 1 is 0.958 bits per heavy atom. The third-order valence-corrected chi connectivity index (χ3v) is 5.76. The van der Waals surface area contributed by atoms with Gasteiger partial charge in [-0.15, -0.1) is 11.3 Å². The second kappa shape index (κ2) is 5.59. The summed E-state index contributed by atoms with van der Waals surface area (Å²) in [6, 6.07) is 4.14. The zero-order chi connectivity index (χ0) is 17.8. The van der Waals surface area contributed by atoms with Crippen LogP contribution in [0.1, 0.15) is 33.5 Å². The van der Waals surface area contributed by atoms with Gasteiger partial charge in [-0.3, -0.25) is 4.98 Å². The number of thiophene rings is 1. The van der Waals surface area contributed by atoms with Crippen molar-refractivity contribution >= 4 is 21.4 Å². The van der Waals surface area contributed by atoms with Gasteiger partial charge in [0.05, 0.1) is 16.0 Å². The lowest BCUT2D eigenvalue weighted by Crippen LogP contribution is -2.07. The van der Waals surface area contributed by atoms with E-state index in [-0.39, 0.29) is 5.39 Å². The Labute approximate surface area is 143 Å². The molecule has 0 saturated carbocycles. The zero-order valence-corrected chi connectivity index (χ0v) is 15.0. The van der Waals surface area contributed by atoms with Crippen molar-refractivity contribution in [3.8, 4) is 10.4 Å². The molecule has 0 aliphatic heterocycles. The topological polar surface area (TPSA) is 12.9 Å². The molecule has 0 radical (unpaired) electrons. The lowest BCUT2D eigenvalue weighted by Gasteiger charge is -2.12. The van der Waals surface area contributed by atoms with Gasteiger partial charge in [-0.25, -0.2) is 0 Å². The van der Waals surface area contributed by atoms with Crippen molar-refractivity contribution in [1.29, 1.82) is 0 Å². The number of benzene rings is 1. The molecule has 3 rings (SSSR count). The Balaban J connectivity index is 2.41. The molecule has 0 amide bonds. The molecular formula is C19H18F3NS. The average molecular weight is 349 g/mol. The van der Waals surface area contributed by atoms with Gasteiger partial charge in [0.15, 0.2) is 0 Å². The third kappa shape index (κ3) is 2.61. The Hall–Kier alpha value is -1.88. The summed E-state index contributed by atoms with van der Waals surface area (Å²) in [5.74, 6) is 0. The van der Waals surface area contributed by atoms with Crippen LogP contribution in [-0.2, 0) is 6.18 Å². The van der Waals surface area contributed by atoms with Crippen molar-refractivity contribution in [1.82, 2.24) is 4.98 Å². The van der Waals surface area contributed by atoms with Crippen LogP contribution in [0, 0.1) is 34.6 Å². The number of pyridine rings is 1. The van der Waals surface area contributed by atoms with Gasteiger partial charge >= 0.3 is 6.18 Å². The summed E-state index contributed by atoms with van der Waals surface area (Å²) in [6.07, 6.45) is -3.45. The lowest BCUT2D eigenvalue weighted by atomic mass is 9.95. The largest absolute Gasteiger partial charge is 0.418 e. The molecule has 0 unspecified atom stereocenters. The summed E-state index contributed by atoms with van der Waals surface area (Å²) in [5, 5.41) is 0.286. The molecule has 1 nitrogen and oxygen atoms in total. The van der Waals surface area contributed by atoms with Crippen LogP contribution in [0.2, 0.25) is 0 Å². The highest BCUT2D eigenvalue weighted by atomic mass is 32.1. The summed E-state index contributed by atoms with van der Waals surface area (Å²) in [5.41, 5.74) is 5.03. The summed E-state index contributed by atoms with van der Waals surface area (Å²) in [4.78, 5) is 4.88. The predicted octanol–water partition coefficient (Wildman–Crippen LogP) is 6.52. The number of hydrogen-bond donors (Lipinski definition) is 0. The van der Waals surface area contributed by atoms with Gasteiger partial charge < -0.3 is 0 Å². The number of alkyl halides is 3. The molecule has 126 valence electrons. The normalized spacial score (nSPS) is 12.2. The SMILES string of the molecule is Cc1cc(C)c(-c2sc3c(C)ncc(C(F)(F)F)c3c2C)c(C)c1. The summed E-state index contributed by atoms with van der Waals surface area (Å²) in [6.45, 7) is 9.58. The molecule has 0 bridgehead atoms. The first kappa shape index (κ1) is 17.0. The van der Waals surface area contributed by atoms with E-state index < -0.39 is 11.7 Å². The highest BCUT2D eigenvalue weighted by molar-refractivity contribution is 7.22. The Morgan fingerprint density at radius 3 is 2.08 bits per heavy atom. The Kier molecular flexibility index (Phi) is 3.95. The molecule has 3 aromatic rings. The Bertz CT molecular complexity index is 928. The molecule has 0 spiro atoms. The van der Waals surface area contributed by atoms with Crippen molar-refractivity contribution < 1.29 is 13.2 Å². The van der Waals surface area contributed by atoms with Crippen LogP contribution in [0.3, 0.4) is 0 Å². The van der Waals surface area contributed by atoms with E-state index in [0.717, 1.165) is 33.3 Å². The van der Waals surface area contributed by atoms with Gasteiger partial charge in [-0.05, 0) is 56.9 Å². The van der Waals surface area contributed by atoms with Gasteiger partial charge in [0.25, 0.3) is 0 Å². The van der Waals surface area contributed by atoms with E-state index in [4.69, 9.17) is 0 Å². The number of rotatable bonds is 1. The standard InChI is InChI=1S/C19H18F3NS/c1-9-6-10(2)15(11(3)7-9)17-12(4)16-14(19(20,21)22)8-23-13(5)18(16)24-17/h6-8H,1-5H3. The van der Waals surface area contributed by atoms with Crippen LogP contribution < -0.4 is 0 Å². The van der Waals surface area contributed by atoms with Gasteiger partial charge in [-0.2, -0.15) is 13.2 Å². The second-order valence-corrected chi connectivity index (χ2v) is 7.31. The minimum atomic E-state index is -4.40. The molecule has 0 aliphatic rings. The van der Waals surface area contributed by atoms with E-state index in [1.165, 1.54) is 11.3 Å². The summed E-state index contributed by atoms with van der Waals surface area (Å²) in [7, 11) is 0. The minimum Gasteiger partial charge on any atom is -0.259 e. The average Bonchev–Trinajstić information content (AvgIpc) is 2.76. The van der Waals surface area contributed by atoms with Crippen molar-refractivity contribution in [2.75, 3.05) is 0 Å². The fourth-order valence-electron chi connectivity index (χ4n) is 3.37. The molecule has 1 aromatic carbocycles. The quantitative estimate of drug-likeness (QED) is 0.487. The molecule has 0 aliphatic carbocycles. The van der Waals surface area contributed by atoms with E-state index in [1.54, 1.807) is 13.8 Å². The summed E-state index contributed by atoms with van der Waals surface area (Å²) < 4.78 is 40.9. The second-order valence-electron chi connectivity index (χ2n) is 6.29. The first-order valence-corrected chi connectivity index (χ1v) is 8.47. The van der Waals surface area contributed by atoms with E-state index in [2.05, 4.69) is 17.1 Å². The minimum absolute atomic E-state index is 0.286. The predicted molar refractivity (Wildman–Crippen MR) is 93.7 cm³/mol. The van der Waals surface area contributed by atoms with Crippen molar-refractivity contribution in [2.24, 2.45) is 0 Å². The Morgan fingerprint density at radius 2 is 1.54 bits per heavy atom. The maximum atomic E-state index is 13.4. The number of aryl methyl sites for hydroxylation is 5. The van der Waals surface area contributed by atoms with Gasteiger partial charge in [0.1, 0.15) is 0 Å². The highest BCUT2D eigenvalue weighted by Crippen LogP contribution is 2.46. The number of fused-ring (bicyclic) bond motifs is 1. The monoisotopic (exact) mass is 349 g/mol. The smallest absolute Gasteiger partial charge is 0.259 e. The number of halogens is 3. The molecule has 2 aromatic heterocycles. The van der Waals surface area contributed by atoms with Crippen LogP contribution in [0.5, 0.6) is 0 Å². The number of nitrogens with zero attached hydrogens (tertiary/aromatic N) is 1. The van der Waals surface area contributed by atoms with Crippen molar-refractivity contribution in [2.45, 2.75) is 40.8 Å². The van der Waals surface area contributed by atoms with Crippen LogP contribution in [0.25, 0.3) is 20.5 Å². The first-order chi connectivity index (χ1) is 11.1. The fourth-order valence-corrected chi connectivity index (χ4v) is 4.82. The van der Waals surface area contributed by atoms with Crippen molar-refractivity contribution in [3.63, 3.8) is 0 Å². The lowest BCUT2D eigenvalue weighted by molar-refractivity contribution is -0.136. The van der Waals surface area contributed by atoms with E-state index in [0.29, 0.717) is 16.0 Å². The molecular weight excluding hydrogens is 331 g/mol. The fraction of sp³-hybridized carbons (Fsp3) is 0.316. The summed E-state index contributed by atoms with van der Waals surface area (Å²) >= 11 is 1.41. The van der Waals surface area contributed by atoms with Gasteiger partial charge in [0.2, 0.25) is 0 Å². The molecule has 0 saturated heterocycles. The molecule has 0 atom stereocenters. The van der Waals surface area contributed by atoms with Crippen LogP contribution >= 0.6 is 11.3 Å². The molecule has 0 N–H and O–H groups in total. The number of hydrogen-bond acceptors (Lipinski definition) is 2. The van der Waals surface area contributed by atoms with Crippen LogP contribution in [0.15, 0.2) is 18.3 Å². The van der Waals surface area contributed by atoms with E-state index >= 15 is 0 Å². The molecule has 2 heterocycles. The molecule has 5 heteroatoms. The van der Waals surface area contributed by atoms with Crippen molar-refractivity contribution in [3.05, 3.63) is 51.8 Å². The van der Waals surface area contributed by atoms with Gasteiger partial charge in [0, 0.05) is 16.5 Å². The van der Waals surface area contributed by atoms with Gasteiger partial charge in [-0.1, -0.05) is 17.7 Å². The van der Waals surface area contributed by atoms with E-state index in [1.807, 2.05) is 20.8 Å². The molecule has 0 fully saturated rings. The number of aromatic nitrogens is 1.